The van der Waals surface area contributed by atoms with E-state index in [-0.39, 0.29) is 12.6 Å². The Morgan fingerprint density at radius 3 is 2.45 bits per heavy atom. The third-order valence-electron chi connectivity index (χ3n) is 6.07. The number of nitrogens with zero attached hydrogens (tertiary/aromatic N) is 1. The fourth-order valence-electron chi connectivity index (χ4n) is 3.69. The Labute approximate surface area is 176 Å². The van der Waals surface area contributed by atoms with Crippen molar-refractivity contribution < 1.29 is 14.6 Å². The molecule has 1 aromatic carbocycles. The van der Waals surface area contributed by atoms with Gasteiger partial charge in [-0.05, 0) is 63.6 Å². The lowest BCUT2D eigenvalue weighted by atomic mass is 9.94. The van der Waals surface area contributed by atoms with E-state index in [0.717, 1.165) is 31.8 Å². The number of aliphatic hydroxyl groups is 1. The van der Waals surface area contributed by atoms with Gasteiger partial charge in [0.25, 0.3) is 0 Å². The summed E-state index contributed by atoms with van der Waals surface area (Å²) in [5.41, 5.74) is 1.40. The Hall–Kier alpha value is -1.63. The maximum atomic E-state index is 12.3. The van der Waals surface area contributed by atoms with Crippen molar-refractivity contribution in [3.63, 3.8) is 0 Å². The second-order valence-electron chi connectivity index (χ2n) is 8.43. The maximum absolute atomic E-state index is 12.3. The summed E-state index contributed by atoms with van der Waals surface area (Å²) in [6.07, 6.45) is 5.28. The Balaban J connectivity index is 1.91. The standard InChI is InChI=1S/C23H39N3O3/c1-5-23(6-2,17-27)25-22(28)24-20-12-10-19(11-13-20)15-26(18(3)4)16-21-9-7-8-14-29-21/h10-13,18,21,27H,5-9,14-17H2,1-4H3,(H2,24,25,28)/t21-/m1/s1. The van der Waals surface area contributed by atoms with Crippen LogP contribution in [-0.2, 0) is 11.3 Å². The fraction of sp³-hybridized carbons (Fsp3) is 0.696. The number of ether oxygens (including phenoxy) is 1. The number of benzene rings is 1. The average molecular weight is 406 g/mol. The van der Waals surface area contributed by atoms with Crippen molar-refractivity contribution in [1.29, 1.82) is 0 Å². The number of rotatable bonds is 10. The van der Waals surface area contributed by atoms with Gasteiger partial charge in [-0.3, -0.25) is 4.90 Å². The molecule has 6 heteroatoms. The van der Waals surface area contributed by atoms with Gasteiger partial charge in [0.2, 0.25) is 0 Å². The van der Waals surface area contributed by atoms with Gasteiger partial charge in [-0.2, -0.15) is 0 Å². The second kappa shape index (κ2) is 11.5. The van der Waals surface area contributed by atoms with E-state index in [1.807, 2.05) is 26.0 Å². The van der Waals surface area contributed by atoms with E-state index in [2.05, 4.69) is 41.5 Å². The summed E-state index contributed by atoms with van der Waals surface area (Å²) in [4.78, 5) is 14.8. The highest BCUT2D eigenvalue weighted by Crippen LogP contribution is 2.19. The van der Waals surface area contributed by atoms with E-state index in [0.29, 0.717) is 25.0 Å². The molecule has 0 saturated carbocycles. The summed E-state index contributed by atoms with van der Waals surface area (Å²) in [5.74, 6) is 0. The SMILES string of the molecule is CCC(CC)(CO)NC(=O)Nc1ccc(CN(C[C@H]2CCCCO2)C(C)C)cc1. The number of carbonyl (C=O) groups excluding carboxylic acids is 1. The van der Waals surface area contributed by atoms with E-state index in [4.69, 9.17) is 4.74 Å². The minimum atomic E-state index is -0.566. The maximum Gasteiger partial charge on any atom is 0.319 e. The zero-order valence-corrected chi connectivity index (χ0v) is 18.5. The van der Waals surface area contributed by atoms with Crippen LogP contribution in [0, 0.1) is 0 Å². The molecule has 0 radical (unpaired) electrons. The first-order chi connectivity index (χ1) is 13.9. The molecule has 0 unspecified atom stereocenters. The van der Waals surface area contributed by atoms with Gasteiger partial charge in [0.15, 0.2) is 0 Å². The first-order valence-electron chi connectivity index (χ1n) is 11.1. The van der Waals surface area contributed by atoms with Gasteiger partial charge >= 0.3 is 6.03 Å². The van der Waals surface area contributed by atoms with Crippen LogP contribution < -0.4 is 10.6 Å². The summed E-state index contributed by atoms with van der Waals surface area (Å²) >= 11 is 0. The highest BCUT2D eigenvalue weighted by molar-refractivity contribution is 5.89. The van der Waals surface area contributed by atoms with Crippen LogP contribution in [0.5, 0.6) is 0 Å². The van der Waals surface area contributed by atoms with Crippen LogP contribution in [-0.4, -0.2) is 53.5 Å². The van der Waals surface area contributed by atoms with Crippen molar-refractivity contribution >= 4 is 11.7 Å². The lowest BCUT2D eigenvalue weighted by Crippen LogP contribution is -2.52. The van der Waals surface area contributed by atoms with Gasteiger partial charge in [-0.25, -0.2) is 4.79 Å². The highest BCUT2D eigenvalue weighted by Gasteiger charge is 2.27. The molecule has 6 nitrogen and oxygen atoms in total. The van der Waals surface area contributed by atoms with Crippen LogP contribution in [0.25, 0.3) is 0 Å². The minimum absolute atomic E-state index is 0.0674. The monoisotopic (exact) mass is 405 g/mol. The number of anilines is 1. The molecular formula is C23H39N3O3. The lowest BCUT2D eigenvalue weighted by Gasteiger charge is -2.32. The normalized spacial score (nSPS) is 17.6. The van der Waals surface area contributed by atoms with Gasteiger partial charge in [0.05, 0.1) is 18.2 Å². The summed E-state index contributed by atoms with van der Waals surface area (Å²) in [5, 5.41) is 15.4. The van der Waals surface area contributed by atoms with Crippen molar-refractivity contribution in [2.24, 2.45) is 0 Å². The van der Waals surface area contributed by atoms with Crippen LogP contribution in [0.3, 0.4) is 0 Å². The zero-order chi connectivity index (χ0) is 21.3. The molecule has 0 aromatic heterocycles. The van der Waals surface area contributed by atoms with E-state index in [9.17, 15) is 9.90 Å². The molecule has 1 aliphatic heterocycles. The number of urea groups is 1. The number of nitrogens with one attached hydrogen (secondary N) is 2. The Morgan fingerprint density at radius 2 is 1.93 bits per heavy atom. The van der Waals surface area contributed by atoms with Crippen LogP contribution in [0.4, 0.5) is 10.5 Å². The first-order valence-corrected chi connectivity index (χ1v) is 11.1. The molecule has 0 aliphatic carbocycles. The van der Waals surface area contributed by atoms with Gasteiger partial charge in [-0.15, -0.1) is 0 Å². The molecule has 1 aliphatic rings. The molecule has 0 bridgehead atoms. The smallest absolute Gasteiger partial charge is 0.319 e. The number of carbonyl (C=O) groups is 1. The molecule has 2 rings (SSSR count). The third-order valence-corrected chi connectivity index (χ3v) is 6.07. The molecule has 29 heavy (non-hydrogen) atoms. The summed E-state index contributed by atoms with van der Waals surface area (Å²) in [6.45, 7) is 11.0. The predicted octanol–water partition coefficient (Wildman–Crippen LogP) is 4.14. The van der Waals surface area contributed by atoms with Crippen molar-refractivity contribution in [3.8, 4) is 0 Å². The topological polar surface area (TPSA) is 73.8 Å². The molecular weight excluding hydrogens is 366 g/mol. The molecule has 0 spiro atoms. The Morgan fingerprint density at radius 1 is 1.24 bits per heavy atom. The van der Waals surface area contributed by atoms with Gasteiger partial charge in [0.1, 0.15) is 0 Å². The lowest BCUT2D eigenvalue weighted by molar-refractivity contribution is -0.0129. The molecule has 164 valence electrons. The summed E-state index contributed by atoms with van der Waals surface area (Å²) < 4.78 is 5.91. The van der Waals surface area contributed by atoms with Gasteiger partial charge in [0, 0.05) is 31.4 Å². The number of amides is 2. The Kier molecular flexibility index (Phi) is 9.40. The van der Waals surface area contributed by atoms with E-state index >= 15 is 0 Å². The van der Waals surface area contributed by atoms with Crippen LogP contribution in [0.1, 0.15) is 65.4 Å². The van der Waals surface area contributed by atoms with Crippen LogP contribution in [0.2, 0.25) is 0 Å². The summed E-state index contributed by atoms with van der Waals surface area (Å²) in [6, 6.07) is 8.15. The van der Waals surface area contributed by atoms with Gasteiger partial charge in [-0.1, -0.05) is 26.0 Å². The molecule has 1 fully saturated rings. The van der Waals surface area contributed by atoms with Gasteiger partial charge < -0.3 is 20.5 Å². The molecule has 3 N–H and O–H groups in total. The molecule has 1 heterocycles. The van der Waals surface area contributed by atoms with Crippen molar-refractivity contribution in [1.82, 2.24) is 10.2 Å². The zero-order valence-electron chi connectivity index (χ0n) is 18.5. The van der Waals surface area contributed by atoms with E-state index in [1.165, 1.54) is 18.4 Å². The molecule has 1 aromatic rings. The van der Waals surface area contributed by atoms with Crippen molar-refractivity contribution in [2.45, 2.75) is 84.0 Å². The number of hydrogen-bond donors (Lipinski definition) is 3. The highest BCUT2D eigenvalue weighted by atomic mass is 16.5. The molecule has 2 amide bonds. The van der Waals surface area contributed by atoms with Crippen molar-refractivity contribution in [3.05, 3.63) is 29.8 Å². The largest absolute Gasteiger partial charge is 0.394 e. The third kappa shape index (κ3) is 7.28. The van der Waals surface area contributed by atoms with Crippen LogP contribution in [0.15, 0.2) is 24.3 Å². The fourth-order valence-corrected chi connectivity index (χ4v) is 3.69. The minimum Gasteiger partial charge on any atom is -0.394 e. The first kappa shape index (κ1) is 23.6. The van der Waals surface area contributed by atoms with E-state index < -0.39 is 5.54 Å². The molecule has 1 saturated heterocycles. The Bertz CT molecular complexity index is 600. The van der Waals surface area contributed by atoms with Crippen molar-refractivity contribution in [2.75, 3.05) is 25.1 Å². The predicted molar refractivity (Wildman–Crippen MR) is 118 cm³/mol. The quantitative estimate of drug-likeness (QED) is 0.547. The number of hydrogen-bond acceptors (Lipinski definition) is 4. The average Bonchev–Trinajstić information content (AvgIpc) is 2.73. The number of aliphatic hydroxyl groups excluding tert-OH is 1. The second-order valence-corrected chi connectivity index (χ2v) is 8.43. The van der Waals surface area contributed by atoms with E-state index in [1.54, 1.807) is 0 Å². The van der Waals surface area contributed by atoms with Crippen LogP contribution >= 0.6 is 0 Å². The summed E-state index contributed by atoms with van der Waals surface area (Å²) in [7, 11) is 0. The molecule has 1 atom stereocenters.